The maximum Gasteiger partial charge on any atom is 0.0568 e. The largest absolute Gasteiger partial charge is 0.344 e. The molecule has 6 aromatic carbocycles. The second-order valence-electron chi connectivity index (χ2n) is 9.95. The van der Waals surface area contributed by atoms with E-state index in [1.165, 1.54) is 76.3 Å². The monoisotopic (exact) mass is 460 g/mol. The Kier molecular flexibility index (Phi) is 3.83. The summed E-state index contributed by atoms with van der Waals surface area (Å²) in [6.45, 7) is 0. The molecule has 0 spiro atoms. The molecule has 0 N–H and O–H groups in total. The lowest BCUT2D eigenvalue weighted by Crippen LogP contribution is -1.88. The van der Waals surface area contributed by atoms with Gasteiger partial charge in [0, 0.05) is 57.6 Å². The predicted octanol–water partition coefficient (Wildman–Crippen LogP) is 8.95. The number of para-hydroxylation sites is 1. The maximum atomic E-state index is 2.38. The van der Waals surface area contributed by atoms with Crippen LogP contribution in [0, 0.1) is 0 Å². The van der Waals surface area contributed by atoms with Crippen LogP contribution < -0.4 is 0 Å². The topological polar surface area (TPSA) is 9.86 Å². The van der Waals surface area contributed by atoms with Crippen molar-refractivity contribution in [3.05, 3.63) is 109 Å². The summed E-state index contributed by atoms with van der Waals surface area (Å²) in [7, 11) is 4.35. The first-order chi connectivity index (χ1) is 17.7. The molecule has 0 aliphatic carbocycles. The average molecular weight is 461 g/mol. The van der Waals surface area contributed by atoms with Gasteiger partial charge in [-0.3, -0.25) is 0 Å². The number of hydrogen-bond acceptors (Lipinski definition) is 0. The van der Waals surface area contributed by atoms with Crippen LogP contribution in [-0.4, -0.2) is 9.13 Å². The van der Waals surface area contributed by atoms with Gasteiger partial charge in [0.05, 0.1) is 5.52 Å². The molecule has 8 rings (SSSR count). The second-order valence-corrected chi connectivity index (χ2v) is 9.95. The first-order valence-corrected chi connectivity index (χ1v) is 12.5. The van der Waals surface area contributed by atoms with Crippen molar-refractivity contribution in [1.29, 1.82) is 0 Å². The summed E-state index contributed by atoms with van der Waals surface area (Å²) in [5, 5.41) is 10.5. The van der Waals surface area contributed by atoms with Crippen molar-refractivity contribution in [1.82, 2.24) is 9.13 Å². The number of aryl methyl sites for hydroxylation is 2. The fraction of sp³-hybridized carbons (Fsp3) is 0.0588. The summed E-state index contributed by atoms with van der Waals surface area (Å²) in [4.78, 5) is 0. The van der Waals surface area contributed by atoms with E-state index in [-0.39, 0.29) is 0 Å². The molecule has 0 aliphatic rings. The summed E-state index contributed by atoms with van der Waals surface area (Å²) in [6, 6.07) is 40.3. The van der Waals surface area contributed by atoms with E-state index in [2.05, 4.69) is 132 Å². The molecule has 0 saturated heterocycles. The van der Waals surface area contributed by atoms with Crippen LogP contribution in [0.25, 0.3) is 76.3 Å². The Hall–Kier alpha value is -4.56. The van der Waals surface area contributed by atoms with E-state index >= 15 is 0 Å². The van der Waals surface area contributed by atoms with Crippen molar-refractivity contribution in [3.8, 4) is 11.1 Å². The molecule has 0 fully saturated rings. The highest BCUT2D eigenvalue weighted by Crippen LogP contribution is 2.38. The highest BCUT2D eigenvalue weighted by atomic mass is 14.9. The number of aromatic nitrogens is 2. The summed E-state index contributed by atoms with van der Waals surface area (Å²) >= 11 is 0. The van der Waals surface area contributed by atoms with Crippen LogP contribution in [0.5, 0.6) is 0 Å². The van der Waals surface area contributed by atoms with Crippen molar-refractivity contribution in [2.45, 2.75) is 0 Å². The minimum absolute atomic E-state index is 1.25. The SMILES string of the molecule is Cn1c2ccc(-c3ccc4c(ccc5c6ccccc6n(C)c45)c3)cc2c2c3ccccc3ccc21. The molecule has 8 aromatic rings. The zero-order valence-corrected chi connectivity index (χ0v) is 20.3. The van der Waals surface area contributed by atoms with Crippen LogP contribution in [0.1, 0.15) is 0 Å². The Morgan fingerprint density at radius 1 is 0.417 bits per heavy atom. The lowest BCUT2D eigenvalue weighted by Gasteiger charge is -2.08. The molecule has 2 nitrogen and oxygen atoms in total. The molecule has 2 heteroatoms. The zero-order valence-electron chi connectivity index (χ0n) is 20.3. The van der Waals surface area contributed by atoms with Crippen molar-refractivity contribution in [3.63, 3.8) is 0 Å². The molecular weight excluding hydrogens is 436 g/mol. The normalized spacial score (nSPS) is 12.2. The van der Waals surface area contributed by atoms with Gasteiger partial charge in [-0.05, 0) is 57.6 Å². The Balaban J connectivity index is 1.38. The van der Waals surface area contributed by atoms with Crippen LogP contribution in [0.15, 0.2) is 109 Å². The van der Waals surface area contributed by atoms with E-state index in [0.717, 1.165) is 0 Å². The smallest absolute Gasteiger partial charge is 0.0568 e. The van der Waals surface area contributed by atoms with Gasteiger partial charge in [-0.1, -0.05) is 78.9 Å². The summed E-state index contributed by atoms with van der Waals surface area (Å²) in [5.74, 6) is 0. The van der Waals surface area contributed by atoms with Crippen molar-refractivity contribution in [2.75, 3.05) is 0 Å². The Morgan fingerprint density at radius 2 is 1.08 bits per heavy atom. The Bertz CT molecular complexity index is 2170. The first-order valence-electron chi connectivity index (χ1n) is 12.5. The third-order valence-corrected chi connectivity index (χ3v) is 8.11. The van der Waals surface area contributed by atoms with Crippen molar-refractivity contribution in [2.24, 2.45) is 14.1 Å². The summed E-state index contributed by atoms with van der Waals surface area (Å²) in [6.07, 6.45) is 0. The first kappa shape index (κ1) is 19.7. The quantitative estimate of drug-likeness (QED) is 0.231. The third-order valence-electron chi connectivity index (χ3n) is 8.11. The second kappa shape index (κ2) is 6.99. The molecule has 0 radical (unpaired) electrons. The number of hydrogen-bond donors (Lipinski definition) is 0. The maximum absolute atomic E-state index is 2.38. The molecule has 0 amide bonds. The third kappa shape index (κ3) is 2.51. The van der Waals surface area contributed by atoms with Gasteiger partial charge in [0.1, 0.15) is 0 Å². The molecule has 170 valence electrons. The van der Waals surface area contributed by atoms with Gasteiger partial charge in [0.25, 0.3) is 0 Å². The molecule has 2 aromatic heterocycles. The summed E-state index contributed by atoms with van der Waals surface area (Å²) < 4.78 is 4.65. The molecule has 0 saturated carbocycles. The van der Waals surface area contributed by atoms with E-state index in [4.69, 9.17) is 0 Å². The van der Waals surface area contributed by atoms with Gasteiger partial charge < -0.3 is 9.13 Å². The molecule has 0 aliphatic heterocycles. The van der Waals surface area contributed by atoms with E-state index in [1.54, 1.807) is 0 Å². The zero-order chi connectivity index (χ0) is 24.0. The van der Waals surface area contributed by atoms with Gasteiger partial charge in [-0.25, -0.2) is 0 Å². The Labute approximate surface area is 208 Å². The van der Waals surface area contributed by atoms with E-state index in [9.17, 15) is 0 Å². The summed E-state index contributed by atoms with van der Waals surface area (Å²) in [5.41, 5.74) is 7.62. The molecule has 36 heavy (non-hydrogen) atoms. The highest BCUT2D eigenvalue weighted by molar-refractivity contribution is 6.21. The minimum Gasteiger partial charge on any atom is -0.344 e. The fourth-order valence-electron chi connectivity index (χ4n) is 6.35. The van der Waals surface area contributed by atoms with Gasteiger partial charge in [0.2, 0.25) is 0 Å². The molecule has 0 bridgehead atoms. The van der Waals surface area contributed by atoms with Crippen molar-refractivity contribution >= 4 is 65.2 Å². The van der Waals surface area contributed by atoms with Gasteiger partial charge in [-0.15, -0.1) is 0 Å². The van der Waals surface area contributed by atoms with Crippen LogP contribution in [0.4, 0.5) is 0 Å². The molecule has 0 unspecified atom stereocenters. The molecule has 0 atom stereocenters. The van der Waals surface area contributed by atoms with Gasteiger partial charge in [-0.2, -0.15) is 0 Å². The van der Waals surface area contributed by atoms with Crippen LogP contribution in [0.3, 0.4) is 0 Å². The van der Waals surface area contributed by atoms with Crippen LogP contribution in [-0.2, 0) is 14.1 Å². The lowest BCUT2D eigenvalue weighted by atomic mass is 9.97. The number of fused-ring (bicyclic) bond motifs is 10. The Morgan fingerprint density at radius 3 is 2.00 bits per heavy atom. The van der Waals surface area contributed by atoms with E-state index < -0.39 is 0 Å². The standard InChI is InChI=1S/C34H24N2/c1-35-31-17-14-23(20-29(31)33-25-8-4-3-7-21(25)13-18-32(33)35)22-11-15-26-24(19-22)12-16-28-27-9-5-6-10-30(27)36(2)34(26)28/h3-20H,1-2H3. The van der Waals surface area contributed by atoms with E-state index in [0.29, 0.717) is 0 Å². The lowest BCUT2D eigenvalue weighted by molar-refractivity contribution is 1.01. The molecular formula is C34H24N2. The van der Waals surface area contributed by atoms with Crippen molar-refractivity contribution < 1.29 is 0 Å². The van der Waals surface area contributed by atoms with Gasteiger partial charge >= 0.3 is 0 Å². The number of rotatable bonds is 1. The minimum atomic E-state index is 1.25. The van der Waals surface area contributed by atoms with Crippen LogP contribution >= 0.6 is 0 Å². The predicted molar refractivity (Wildman–Crippen MR) is 155 cm³/mol. The van der Waals surface area contributed by atoms with Crippen LogP contribution in [0.2, 0.25) is 0 Å². The number of nitrogens with zero attached hydrogens (tertiary/aromatic N) is 2. The van der Waals surface area contributed by atoms with Gasteiger partial charge in [0.15, 0.2) is 0 Å². The molecule has 2 heterocycles. The fourth-order valence-corrected chi connectivity index (χ4v) is 6.35. The van der Waals surface area contributed by atoms with E-state index in [1.807, 2.05) is 0 Å². The average Bonchev–Trinajstić information content (AvgIpc) is 3.39. The number of benzene rings is 6. The highest BCUT2D eigenvalue weighted by Gasteiger charge is 2.14.